The molecule has 2 N–H and O–H groups in total. The molecule has 1 heterocycles. The molecule has 0 radical (unpaired) electrons. The van der Waals surface area contributed by atoms with Crippen molar-refractivity contribution in [1.29, 1.82) is 0 Å². The van der Waals surface area contributed by atoms with Crippen molar-refractivity contribution >= 4 is 5.97 Å². The Labute approximate surface area is 70.3 Å². The number of hydrogen-bond acceptors (Lipinski definition) is 3. The van der Waals surface area contributed by atoms with Gasteiger partial charge in [0.2, 0.25) is 0 Å². The van der Waals surface area contributed by atoms with Crippen LogP contribution >= 0.6 is 0 Å². The van der Waals surface area contributed by atoms with E-state index >= 15 is 0 Å². The predicted molar refractivity (Wildman–Crippen MR) is 43.7 cm³/mol. The van der Waals surface area contributed by atoms with Crippen molar-refractivity contribution in [2.75, 3.05) is 7.05 Å². The van der Waals surface area contributed by atoms with Crippen LogP contribution in [0, 0.1) is 0 Å². The number of carboxylic acid groups (broad SMARTS) is 1. The molecule has 0 saturated heterocycles. The number of nitrogens with one attached hydrogen (secondary N) is 1. The van der Waals surface area contributed by atoms with Gasteiger partial charge >= 0.3 is 5.97 Å². The summed E-state index contributed by atoms with van der Waals surface area (Å²) in [6, 6.07) is 2.71. The first-order chi connectivity index (χ1) is 5.75. The summed E-state index contributed by atoms with van der Waals surface area (Å²) in [4.78, 5) is 14.4. The van der Waals surface area contributed by atoms with Crippen LogP contribution in [0.4, 0.5) is 0 Å². The van der Waals surface area contributed by atoms with Gasteiger partial charge in [0.25, 0.3) is 0 Å². The third-order valence-corrected chi connectivity index (χ3v) is 1.58. The third-order valence-electron chi connectivity index (χ3n) is 1.58. The molecule has 1 atom stereocenters. The summed E-state index contributed by atoms with van der Waals surface area (Å²) in [5.74, 6) is -0.885. The maximum atomic E-state index is 10.6. The molecule has 4 heteroatoms. The van der Waals surface area contributed by atoms with Gasteiger partial charge in [-0.25, -0.2) is 0 Å². The van der Waals surface area contributed by atoms with Gasteiger partial charge in [0.1, 0.15) is 6.04 Å². The first kappa shape index (κ1) is 8.67. The first-order valence-electron chi connectivity index (χ1n) is 3.55. The maximum Gasteiger partial charge on any atom is 0.325 e. The van der Waals surface area contributed by atoms with E-state index in [9.17, 15) is 4.79 Å². The maximum absolute atomic E-state index is 10.6. The molecular formula is C8H10N2O2. The lowest BCUT2D eigenvalue weighted by Gasteiger charge is -2.09. The Morgan fingerprint density at radius 3 is 2.58 bits per heavy atom. The molecule has 0 aromatic carbocycles. The van der Waals surface area contributed by atoms with E-state index in [0.29, 0.717) is 5.56 Å². The lowest BCUT2D eigenvalue weighted by molar-refractivity contribution is -0.139. The van der Waals surface area contributed by atoms with Crippen LogP contribution in [0.2, 0.25) is 0 Å². The normalized spacial score (nSPS) is 12.4. The fraction of sp³-hybridized carbons (Fsp3) is 0.250. The summed E-state index contributed by atoms with van der Waals surface area (Å²) >= 11 is 0. The molecule has 1 rings (SSSR count). The Hall–Kier alpha value is -1.42. The lowest BCUT2D eigenvalue weighted by atomic mass is 10.1. The zero-order valence-electron chi connectivity index (χ0n) is 6.69. The van der Waals surface area contributed by atoms with E-state index in [2.05, 4.69) is 10.3 Å². The van der Waals surface area contributed by atoms with Crippen molar-refractivity contribution in [1.82, 2.24) is 10.3 Å². The predicted octanol–water partition coefficient (Wildman–Crippen LogP) is 0.427. The number of aliphatic carboxylic acids is 1. The highest BCUT2D eigenvalue weighted by molar-refractivity contribution is 5.75. The van der Waals surface area contributed by atoms with Gasteiger partial charge in [0.15, 0.2) is 0 Å². The number of nitrogens with zero attached hydrogens (tertiary/aromatic N) is 1. The molecule has 0 spiro atoms. The van der Waals surface area contributed by atoms with Gasteiger partial charge in [-0.2, -0.15) is 0 Å². The summed E-state index contributed by atoms with van der Waals surface area (Å²) in [6.07, 6.45) is 3.14. The van der Waals surface area contributed by atoms with Crippen molar-refractivity contribution in [3.8, 4) is 0 Å². The minimum Gasteiger partial charge on any atom is -0.480 e. The second-order valence-corrected chi connectivity index (χ2v) is 2.34. The van der Waals surface area contributed by atoms with Gasteiger partial charge in [0.05, 0.1) is 0 Å². The highest BCUT2D eigenvalue weighted by Gasteiger charge is 2.16. The monoisotopic (exact) mass is 166 g/mol. The summed E-state index contributed by atoms with van der Waals surface area (Å²) in [7, 11) is 1.61. The van der Waals surface area contributed by atoms with Gasteiger partial charge in [-0.15, -0.1) is 0 Å². The summed E-state index contributed by atoms with van der Waals surface area (Å²) in [5, 5.41) is 11.4. The Morgan fingerprint density at radius 1 is 1.58 bits per heavy atom. The van der Waals surface area contributed by atoms with Crippen LogP contribution in [0.1, 0.15) is 11.6 Å². The smallest absolute Gasteiger partial charge is 0.325 e. The Kier molecular flexibility index (Phi) is 2.76. The number of aromatic nitrogens is 1. The summed E-state index contributed by atoms with van der Waals surface area (Å²) in [6.45, 7) is 0. The molecule has 12 heavy (non-hydrogen) atoms. The van der Waals surface area contributed by atoms with E-state index in [1.54, 1.807) is 31.6 Å². The quantitative estimate of drug-likeness (QED) is 0.683. The Balaban J connectivity index is 2.88. The molecule has 0 fully saturated rings. The van der Waals surface area contributed by atoms with Crippen LogP contribution in [-0.4, -0.2) is 23.1 Å². The second kappa shape index (κ2) is 3.82. The first-order valence-corrected chi connectivity index (χ1v) is 3.55. The topological polar surface area (TPSA) is 62.2 Å². The second-order valence-electron chi connectivity index (χ2n) is 2.34. The van der Waals surface area contributed by atoms with Crippen LogP contribution in [0.25, 0.3) is 0 Å². The molecular weight excluding hydrogens is 156 g/mol. The molecule has 1 aromatic rings. The molecule has 0 aliphatic heterocycles. The van der Waals surface area contributed by atoms with E-state index in [4.69, 9.17) is 5.11 Å². The molecule has 4 nitrogen and oxygen atoms in total. The summed E-state index contributed by atoms with van der Waals surface area (Å²) in [5.41, 5.74) is 0.708. The van der Waals surface area contributed by atoms with E-state index in [0.717, 1.165) is 0 Å². The number of carboxylic acids is 1. The molecule has 0 amide bonds. The Bertz CT molecular complexity index is 261. The van der Waals surface area contributed by atoms with Crippen molar-refractivity contribution in [3.05, 3.63) is 30.1 Å². The Morgan fingerprint density at radius 2 is 2.17 bits per heavy atom. The van der Waals surface area contributed by atoms with Crippen molar-refractivity contribution in [3.63, 3.8) is 0 Å². The van der Waals surface area contributed by atoms with Crippen LogP contribution in [0.15, 0.2) is 24.5 Å². The van der Waals surface area contributed by atoms with Gasteiger partial charge in [-0.3, -0.25) is 9.78 Å². The van der Waals surface area contributed by atoms with E-state index < -0.39 is 12.0 Å². The lowest BCUT2D eigenvalue weighted by Crippen LogP contribution is -2.24. The number of rotatable bonds is 3. The van der Waals surface area contributed by atoms with Crippen LogP contribution in [0.3, 0.4) is 0 Å². The number of likely N-dealkylation sites (N-methyl/N-ethyl adjacent to an activating group) is 1. The van der Waals surface area contributed by atoms with Gasteiger partial charge < -0.3 is 10.4 Å². The van der Waals surface area contributed by atoms with Crippen molar-refractivity contribution in [2.45, 2.75) is 6.04 Å². The molecule has 0 bridgehead atoms. The SMILES string of the molecule is CNC(C(=O)O)c1ccncc1. The van der Waals surface area contributed by atoms with E-state index in [1.807, 2.05) is 0 Å². The van der Waals surface area contributed by atoms with Crippen molar-refractivity contribution < 1.29 is 9.90 Å². The van der Waals surface area contributed by atoms with E-state index in [-0.39, 0.29) is 0 Å². The number of pyridine rings is 1. The molecule has 1 aromatic heterocycles. The molecule has 64 valence electrons. The zero-order valence-corrected chi connectivity index (χ0v) is 6.69. The average molecular weight is 166 g/mol. The molecule has 0 saturated carbocycles. The highest BCUT2D eigenvalue weighted by atomic mass is 16.4. The van der Waals surface area contributed by atoms with Crippen LogP contribution < -0.4 is 5.32 Å². The number of hydrogen-bond donors (Lipinski definition) is 2. The van der Waals surface area contributed by atoms with Crippen molar-refractivity contribution in [2.24, 2.45) is 0 Å². The zero-order chi connectivity index (χ0) is 8.97. The number of carbonyl (C=O) groups is 1. The highest BCUT2D eigenvalue weighted by Crippen LogP contribution is 2.10. The third kappa shape index (κ3) is 1.79. The standard InChI is InChI=1S/C8H10N2O2/c1-9-7(8(11)12)6-2-4-10-5-3-6/h2-5,7,9H,1H3,(H,11,12). The van der Waals surface area contributed by atoms with Crippen LogP contribution in [0.5, 0.6) is 0 Å². The van der Waals surface area contributed by atoms with Crippen LogP contribution in [-0.2, 0) is 4.79 Å². The minimum absolute atomic E-state index is 0.645. The average Bonchev–Trinajstić information content (AvgIpc) is 2.07. The van der Waals surface area contributed by atoms with Gasteiger partial charge in [0, 0.05) is 12.4 Å². The molecule has 0 aliphatic carbocycles. The largest absolute Gasteiger partial charge is 0.480 e. The van der Waals surface area contributed by atoms with Gasteiger partial charge in [-0.05, 0) is 24.7 Å². The van der Waals surface area contributed by atoms with Gasteiger partial charge in [-0.1, -0.05) is 0 Å². The summed E-state index contributed by atoms with van der Waals surface area (Å²) < 4.78 is 0. The fourth-order valence-corrected chi connectivity index (χ4v) is 0.989. The van der Waals surface area contributed by atoms with E-state index in [1.165, 1.54) is 0 Å². The fourth-order valence-electron chi connectivity index (χ4n) is 0.989. The molecule has 0 aliphatic rings. The minimum atomic E-state index is -0.885. The molecule has 1 unspecified atom stereocenters.